The molecule has 30 heavy (non-hydrogen) atoms. The summed E-state index contributed by atoms with van der Waals surface area (Å²) < 4.78 is 12.4. The number of carbonyl (C=O) groups excluding carboxylic acids is 1. The van der Waals surface area contributed by atoms with Gasteiger partial charge in [0.15, 0.2) is 5.52 Å². The fourth-order valence-electron chi connectivity index (χ4n) is 3.06. The molecule has 0 aliphatic rings. The summed E-state index contributed by atoms with van der Waals surface area (Å²) in [5.41, 5.74) is 1.50. The van der Waals surface area contributed by atoms with Crippen molar-refractivity contribution >= 4 is 38.4 Å². The molecule has 1 amide bonds. The fraction of sp³-hybridized carbons (Fsp3) is 0.143. The predicted octanol–water partition coefficient (Wildman–Crippen LogP) is 3.77. The van der Waals surface area contributed by atoms with E-state index in [1.807, 2.05) is 24.3 Å². The van der Waals surface area contributed by atoms with Crippen LogP contribution in [0, 0.1) is 6.92 Å². The Morgan fingerprint density at radius 3 is 2.53 bits per heavy atom. The standard InChI is InChI=1S/C21H17BrN4O4/c1-12-18-19(13-3-9-16(29-2)10-4-13)24-26(21(28)20(18)25-30-12)11-17(27)23-15-7-5-14(22)6-8-15/h3-10H,11H2,1-2H3,(H,23,27). The van der Waals surface area contributed by atoms with E-state index in [9.17, 15) is 9.59 Å². The molecule has 0 aliphatic heterocycles. The first-order valence-electron chi connectivity index (χ1n) is 9.03. The first-order chi connectivity index (χ1) is 14.5. The van der Waals surface area contributed by atoms with Gasteiger partial charge in [-0.05, 0) is 55.5 Å². The third-order valence-corrected chi connectivity index (χ3v) is 5.07. The summed E-state index contributed by atoms with van der Waals surface area (Å²) in [4.78, 5) is 25.3. The number of anilines is 1. The Balaban J connectivity index is 1.73. The van der Waals surface area contributed by atoms with Crippen LogP contribution >= 0.6 is 15.9 Å². The average Bonchev–Trinajstić information content (AvgIpc) is 3.14. The number of ether oxygens (including phenoxy) is 1. The lowest BCUT2D eigenvalue weighted by atomic mass is 10.1. The van der Waals surface area contributed by atoms with Crippen LogP contribution in [0.25, 0.3) is 22.2 Å². The van der Waals surface area contributed by atoms with Crippen LogP contribution in [0.3, 0.4) is 0 Å². The number of rotatable bonds is 5. The molecule has 152 valence electrons. The van der Waals surface area contributed by atoms with E-state index in [1.54, 1.807) is 38.3 Å². The van der Waals surface area contributed by atoms with E-state index in [0.717, 1.165) is 14.7 Å². The van der Waals surface area contributed by atoms with Gasteiger partial charge >= 0.3 is 0 Å². The van der Waals surface area contributed by atoms with Crippen molar-refractivity contribution in [3.8, 4) is 17.0 Å². The van der Waals surface area contributed by atoms with Crippen molar-refractivity contribution in [3.05, 3.63) is 69.1 Å². The zero-order valence-electron chi connectivity index (χ0n) is 16.2. The normalized spacial score (nSPS) is 10.9. The van der Waals surface area contributed by atoms with Crippen molar-refractivity contribution in [1.29, 1.82) is 0 Å². The van der Waals surface area contributed by atoms with Crippen LogP contribution in [0.1, 0.15) is 5.76 Å². The van der Waals surface area contributed by atoms with Crippen LogP contribution in [-0.2, 0) is 11.3 Å². The molecule has 0 spiro atoms. The van der Waals surface area contributed by atoms with E-state index < -0.39 is 5.56 Å². The average molecular weight is 469 g/mol. The minimum atomic E-state index is -0.495. The molecule has 4 rings (SSSR count). The van der Waals surface area contributed by atoms with Crippen molar-refractivity contribution in [2.24, 2.45) is 0 Å². The molecule has 0 fully saturated rings. The fourth-order valence-corrected chi connectivity index (χ4v) is 3.33. The molecule has 0 radical (unpaired) electrons. The SMILES string of the molecule is COc1ccc(-c2nn(CC(=O)Nc3ccc(Br)cc3)c(=O)c3noc(C)c23)cc1. The molecule has 0 bridgehead atoms. The van der Waals surface area contributed by atoms with E-state index in [-0.39, 0.29) is 18.0 Å². The molecule has 0 saturated carbocycles. The third kappa shape index (κ3) is 3.84. The van der Waals surface area contributed by atoms with Gasteiger partial charge in [0.1, 0.15) is 23.7 Å². The van der Waals surface area contributed by atoms with Gasteiger partial charge in [-0.3, -0.25) is 9.59 Å². The monoisotopic (exact) mass is 468 g/mol. The third-order valence-electron chi connectivity index (χ3n) is 4.54. The number of hydrogen-bond donors (Lipinski definition) is 1. The van der Waals surface area contributed by atoms with E-state index in [0.29, 0.717) is 28.3 Å². The summed E-state index contributed by atoms with van der Waals surface area (Å²) in [5.74, 6) is 0.790. The number of aromatic nitrogens is 3. The molecular weight excluding hydrogens is 452 g/mol. The van der Waals surface area contributed by atoms with E-state index in [2.05, 4.69) is 31.5 Å². The Morgan fingerprint density at radius 2 is 1.87 bits per heavy atom. The van der Waals surface area contributed by atoms with Crippen molar-refractivity contribution in [2.45, 2.75) is 13.5 Å². The highest BCUT2D eigenvalue weighted by atomic mass is 79.9. The lowest BCUT2D eigenvalue weighted by molar-refractivity contribution is -0.117. The summed E-state index contributed by atoms with van der Waals surface area (Å²) >= 11 is 3.35. The predicted molar refractivity (Wildman–Crippen MR) is 116 cm³/mol. The first kappa shape index (κ1) is 19.8. The molecule has 8 nitrogen and oxygen atoms in total. The van der Waals surface area contributed by atoms with Crippen LogP contribution in [-0.4, -0.2) is 28.0 Å². The molecule has 1 N–H and O–H groups in total. The van der Waals surface area contributed by atoms with Gasteiger partial charge in [0.2, 0.25) is 5.91 Å². The van der Waals surface area contributed by atoms with E-state index >= 15 is 0 Å². The number of nitrogens with one attached hydrogen (secondary N) is 1. The topological polar surface area (TPSA) is 99.2 Å². The second-order valence-corrected chi connectivity index (χ2v) is 7.47. The van der Waals surface area contributed by atoms with E-state index in [1.165, 1.54) is 0 Å². The minimum absolute atomic E-state index is 0.129. The number of methoxy groups -OCH3 is 1. The molecule has 0 atom stereocenters. The zero-order chi connectivity index (χ0) is 21.3. The van der Waals surface area contributed by atoms with Crippen molar-refractivity contribution < 1.29 is 14.1 Å². The largest absolute Gasteiger partial charge is 0.497 e. The van der Waals surface area contributed by atoms with Crippen LogP contribution < -0.4 is 15.6 Å². The quantitative estimate of drug-likeness (QED) is 0.478. The number of hydrogen-bond acceptors (Lipinski definition) is 6. The maximum atomic E-state index is 12.8. The number of aryl methyl sites for hydroxylation is 1. The van der Waals surface area contributed by atoms with Crippen LogP contribution in [0.2, 0.25) is 0 Å². The van der Waals surface area contributed by atoms with Gasteiger partial charge in [-0.1, -0.05) is 21.1 Å². The Kier molecular flexibility index (Phi) is 5.37. The maximum absolute atomic E-state index is 12.8. The van der Waals surface area contributed by atoms with Gasteiger partial charge in [-0.2, -0.15) is 5.10 Å². The lowest BCUT2D eigenvalue weighted by Gasteiger charge is -2.10. The molecule has 0 unspecified atom stereocenters. The highest BCUT2D eigenvalue weighted by molar-refractivity contribution is 9.10. The number of amides is 1. The number of nitrogens with zero attached hydrogens (tertiary/aromatic N) is 3. The number of fused-ring (bicyclic) bond motifs is 1. The van der Waals surface area contributed by atoms with Gasteiger partial charge in [-0.25, -0.2) is 4.68 Å². The molecule has 9 heteroatoms. The molecule has 2 aromatic carbocycles. The Bertz CT molecular complexity index is 1280. The van der Waals surface area contributed by atoms with Crippen molar-refractivity contribution in [2.75, 3.05) is 12.4 Å². The van der Waals surface area contributed by atoms with Crippen molar-refractivity contribution in [1.82, 2.24) is 14.9 Å². The molecule has 2 heterocycles. The van der Waals surface area contributed by atoms with E-state index in [4.69, 9.17) is 9.26 Å². The lowest BCUT2D eigenvalue weighted by Crippen LogP contribution is -2.30. The zero-order valence-corrected chi connectivity index (χ0v) is 17.8. The summed E-state index contributed by atoms with van der Waals surface area (Å²) in [7, 11) is 1.58. The highest BCUT2D eigenvalue weighted by Gasteiger charge is 2.20. The summed E-state index contributed by atoms with van der Waals surface area (Å²) in [6.45, 7) is 1.45. The van der Waals surface area contributed by atoms with Gasteiger partial charge in [0, 0.05) is 15.7 Å². The number of halogens is 1. The van der Waals surface area contributed by atoms with Gasteiger partial charge in [0.25, 0.3) is 5.56 Å². The summed E-state index contributed by atoms with van der Waals surface area (Å²) in [6, 6.07) is 14.4. The minimum Gasteiger partial charge on any atom is -0.497 e. The van der Waals surface area contributed by atoms with Crippen molar-refractivity contribution in [3.63, 3.8) is 0 Å². The van der Waals surface area contributed by atoms with Crippen LogP contribution in [0.5, 0.6) is 5.75 Å². The Hall–Kier alpha value is -3.46. The second kappa shape index (κ2) is 8.11. The summed E-state index contributed by atoms with van der Waals surface area (Å²) in [5, 5.41) is 11.6. The second-order valence-electron chi connectivity index (χ2n) is 6.56. The Labute approximate surface area is 179 Å². The maximum Gasteiger partial charge on any atom is 0.297 e. The first-order valence-corrected chi connectivity index (χ1v) is 9.82. The van der Waals surface area contributed by atoms with Gasteiger partial charge < -0.3 is 14.6 Å². The molecule has 0 saturated heterocycles. The highest BCUT2D eigenvalue weighted by Crippen LogP contribution is 2.28. The Morgan fingerprint density at radius 1 is 1.17 bits per heavy atom. The van der Waals surface area contributed by atoms with Crippen LogP contribution in [0.15, 0.2) is 62.3 Å². The molecular formula is C21H17BrN4O4. The molecule has 2 aromatic heterocycles. The smallest absolute Gasteiger partial charge is 0.297 e. The molecule has 0 aliphatic carbocycles. The number of carbonyl (C=O) groups is 1. The van der Waals surface area contributed by atoms with Gasteiger partial charge in [-0.15, -0.1) is 0 Å². The summed E-state index contributed by atoms with van der Waals surface area (Å²) in [6.07, 6.45) is 0. The molecule has 4 aromatic rings. The van der Waals surface area contributed by atoms with Crippen LogP contribution in [0.4, 0.5) is 5.69 Å². The van der Waals surface area contributed by atoms with Gasteiger partial charge in [0.05, 0.1) is 12.5 Å². The number of benzene rings is 2.